The maximum absolute atomic E-state index is 11.9. The third-order valence-corrected chi connectivity index (χ3v) is 4.23. The molecule has 0 unspecified atom stereocenters. The van der Waals surface area contributed by atoms with Crippen molar-refractivity contribution in [3.63, 3.8) is 0 Å². The molecule has 1 N–H and O–H groups in total. The van der Waals surface area contributed by atoms with Crippen LogP contribution < -0.4 is 10.4 Å². The number of hydrogen-bond donors (Lipinski definition) is 1. The van der Waals surface area contributed by atoms with E-state index in [4.69, 9.17) is 18.0 Å². The molecule has 4 rings (SSSR count). The minimum atomic E-state index is -0.592. The fourth-order valence-corrected chi connectivity index (χ4v) is 2.73. The quantitative estimate of drug-likeness (QED) is 0.580. The Kier molecular flexibility index (Phi) is 3.80. The highest BCUT2D eigenvalue weighted by Gasteiger charge is 2.18. The summed E-state index contributed by atoms with van der Waals surface area (Å²) in [5.41, 5.74) is 0.622. The molecule has 1 aromatic carbocycles. The van der Waals surface area contributed by atoms with Crippen LogP contribution in [0.5, 0.6) is 11.5 Å². The van der Waals surface area contributed by atoms with Gasteiger partial charge in [-0.1, -0.05) is 0 Å². The van der Waals surface area contributed by atoms with E-state index in [1.54, 1.807) is 31.4 Å². The van der Waals surface area contributed by atoms with Crippen LogP contribution in [0.25, 0.3) is 22.5 Å². The van der Waals surface area contributed by atoms with Crippen molar-refractivity contribution in [2.24, 2.45) is 0 Å². The second-order valence-electron chi connectivity index (χ2n) is 6.00. The predicted octanol–water partition coefficient (Wildman–Crippen LogP) is 4.55. The summed E-state index contributed by atoms with van der Waals surface area (Å²) in [7, 11) is 0. The Morgan fingerprint density at radius 1 is 1.08 bits per heavy atom. The fraction of sp³-hybridized carbons (Fsp3) is 0.150. The van der Waals surface area contributed by atoms with E-state index in [2.05, 4.69) is 0 Å². The number of rotatable bonds is 4. The molecule has 0 bridgehead atoms. The molecule has 3 heterocycles. The van der Waals surface area contributed by atoms with Gasteiger partial charge in [-0.15, -0.1) is 0 Å². The number of hydrogen-bond acceptors (Lipinski definition) is 6. The van der Waals surface area contributed by atoms with Crippen LogP contribution in [0.15, 0.2) is 60.7 Å². The number of benzene rings is 1. The van der Waals surface area contributed by atoms with E-state index in [9.17, 15) is 9.90 Å². The lowest BCUT2D eigenvalue weighted by atomic mass is 10.1. The van der Waals surface area contributed by atoms with Crippen LogP contribution in [0.4, 0.5) is 0 Å². The first-order chi connectivity index (χ1) is 12.5. The van der Waals surface area contributed by atoms with Crippen molar-refractivity contribution >= 4 is 11.0 Å². The van der Waals surface area contributed by atoms with E-state index in [1.165, 1.54) is 6.92 Å². The normalized spacial score (nSPS) is 11.2. The summed E-state index contributed by atoms with van der Waals surface area (Å²) < 4.78 is 22.0. The molecule has 0 radical (unpaired) electrons. The molecule has 4 aromatic rings. The van der Waals surface area contributed by atoms with Gasteiger partial charge in [0, 0.05) is 17.0 Å². The van der Waals surface area contributed by atoms with Crippen molar-refractivity contribution in [3.05, 3.63) is 70.0 Å². The zero-order chi connectivity index (χ0) is 18.3. The molecule has 132 valence electrons. The van der Waals surface area contributed by atoms with Gasteiger partial charge >= 0.3 is 5.63 Å². The Hall–Kier alpha value is -3.41. The van der Waals surface area contributed by atoms with E-state index in [0.717, 1.165) is 11.1 Å². The van der Waals surface area contributed by atoms with Crippen LogP contribution in [0.3, 0.4) is 0 Å². The maximum atomic E-state index is 11.9. The molecule has 0 saturated carbocycles. The molecule has 0 aliphatic rings. The summed E-state index contributed by atoms with van der Waals surface area (Å²) in [6.07, 6.45) is 1.59. The first-order valence-electron chi connectivity index (χ1n) is 8.05. The molecule has 3 aromatic heterocycles. The van der Waals surface area contributed by atoms with Gasteiger partial charge in [-0.2, -0.15) is 0 Å². The van der Waals surface area contributed by atoms with Gasteiger partial charge in [-0.05, 0) is 44.2 Å². The first kappa shape index (κ1) is 16.1. The standard InChI is InChI=1S/C20H16O6/c1-11-18(21)12(2)20(22)26-19(11)17-8-13-5-6-14(9-16(13)25-17)24-10-15-4-3-7-23-15/h3-9,21H,10H2,1-2H3. The van der Waals surface area contributed by atoms with Crippen molar-refractivity contribution in [3.8, 4) is 23.0 Å². The monoisotopic (exact) mass is 352 g/mol. The molecular weight excluding hydrogens is 336 g/mol. The molecular formula is C20H16O6. The Morgan fingerprint density at radius 3 is 2.69 bits per heavy atom. The van der Waals surface area contributed by atoms with Crippen molar-refractivity contribution in [1.29, 1.82) is 0 Å². The van der Waals surface area contributed by atoms with Crippen molar-refractivity contribution in [2.45, 2.75) is 20.5 Å². The lowest BCUT2D eigenvalue weighted by Crippen LogP contribution is -2.05. The van der Waals surface area contributed by atoms with Gasteiger partial charge in [-0.3, -0.25) is 0 Å². The molecule has 6 heteroatoms. The Bertz CT molecular complexity index is 1130. The van der Waals surface area contributed by atoms with E-state index in [0.29, 0.717) is 29.3 Å². The topological polar surface area (TPSA) is 86.0 Å². The first-order valence-corrected chi connectivity index (χ1v) is 8.05. The van der Waals surface area contributed by atoms with Crippen LogP contribution in [0.2, 0.25) is 0 Å². The van der Waals surface area contributed by atoms with Gasteiger partial charge in [0.2, 0.25) is 0 Å². The number of aromatic hydroxyl groups is 1. The van der Waals surface area contributed by atoms with E-state index >= 15 is 0 Å². The number of fused-ring (bicyclic) bond motifs is 1. The van der Waals surface area contributed by atoms with Gasteiger partial charge < -0.3 is 23.1 Å². The summed E-state index contributed by atoms with van der Waals surface area (Å²) in [4.78, 5) is 11.9. The molecule has 0 aliphatic heterocycles. The summed E-state index contributed by atoms with van der Waals surface area (Å²) >= 11 is 0. The average Bonchev–Trinajstić information content (AvgIpc) is 3.30. The molecule has 0 amide bonds. The molecule has 0 aliphatic carbocycles. The zero-order valence-electron chi connectivity index (χ0n) is 14.2. The smallest absolute Gasteiger partial charge is 0.343 e. The third kappa shape index (κ3) is 2.75. The van der Waals surface area contributed by atoms with Gasteiger partial charge in [-0.25, -0.2) is 4.79 Å². The number of ether oxygens (including phenoxy) is 1. The minimum absolute atomic E-state index is 0.0841. The van der Waals surface area contributed by atoms with Crippen molar-refractivity contribution in [1.82, 2.24) is 0 Å². The Labute approximate surface area is 148 Å². The lowest BCUT2D eigenvalue weighted by molar-refractivity contribution is 0.270. The fourth-order valence-electron chi connectivity index (χ4n) is 2.73. The van der Waals surface area contributed by atoms with Crippen LogP contribution in [-0.4, -0.2) is 5.11 Å². The van der Waals surface area contributed by atoms with Crippen molar-refractivity contribution < 1.29 is 23.1 Å². The molecule has 6 nitrogen and oxygen atoms in total. The van der Waals surface area contributed by atoms with Crippen LogP contribution in [0.1, 0.15) is 16.9 Å². The number of furan rings is 2. The van der Waals surface area contributed by atoms with Crippen LogP contribution >= 0.6 is 0 Å². The SMILES string of the molecule is Cc1c(-c2cc3ccc(OCc4ccco4)cc3o2)oc(=O)c(C)c1O. The molecule has 0 atom stereocenters. The highest BCUT2D eigenvalue weighted by molar-refractivity contribution is 5.83. The highest BCUT2D eigenvalue weighted by atomic mass is 16.5. The minimum Gasteiger partial charge on any atom is -0.507 e. The van der Waals surface area contributed by atoms with Gasteiger partial charge in [0.1, 0.15) is 29.4 Å². The summed E-state index contributed by atoms with van der Waals surface area (Å²) in [6.45, 7) is 3.50. The Morgan fingerprint density at radius 2 is 1.92 bits per heavy atom. The van der Waals surface area contributed by atoms with Gasteiger partial charge in [0.15, 0.2) is 11.5 Å². The largest absolute Gasteiger partial charge is 0.507 e. The summed E-state index contributed by atoms with van der Waals surface area (Å²) in [5, 5.41) is 10.9. The predicted molar refractivity (Wildman–Crippen MR) is 94.4 cm³/mol. The Balaban J connectivity index is 1.69. The van der Waals surface area contributed by atoms with Crippen LogP contribution in [0, 0.1) is 13.8 Å². The highest BCUT2D eigenvalue weighted by Crippen LogP contribution is 2.34. The van der Waals surface area contributed by atoms with Gasteiger partial charge in [0.05, 0.1) is 11.8 Å². The molecule has 0 fully saturated rings. The van der Waals surface area contributed by atoms with Gasteiger partial charge in [0.25, 0.3) is 0 Å². The zero-order valence-corrected chi connectivity index (χ0v) is 14.2. The second-order valence-corrected chi connectivity index (χ2v) is 6.00. The third-order valence-electron chi connectivity index (χ3n) is 4.23. The second kappa shape index (κ2) is 6.15. The molecule has 0 saturated heterocycles. The van der Waals surface area contributed by atoms with Crippen LogP contribution in [-0.2, 0) is 6.61 Å². The maximum Gasteiger partial charge on any atom is 0.343 e. The molecule has 0 spiro atoms. The lowest BCUT2D eigenvalue weighted by Gasteiger charge is -2.05. The van der Waals surface area contributed by atoms with E-state index < -0.39 is 5.63 Å². The average molecular weight is 352 g/mol. The summed E-state index contributed by atoms with van der Waals surface area (Å²) in [5.74, 6) is 1.84. The molecule has 26 heavy (non-hydrogen) atoms. The van der Waals surface area contributed by atoms with Crippen molar-refractivity contribution in [2.75, 3.05) is 0 Å². The van der Waals surface area contributed by atoms with E-state index in [1.807, 2.05) is 18.2 Å². The summed E-state index contributed by atoms with van der Waals surface area (Å²) in [6, 6.07) is 10.8. The van der Waals surface area contributed by atoms with E-state index in [-0.39, 0.29) is 17.1 Å².